The summed E-state index contributed by atoms with van der Waals surface area (Å²) in [6.07, 6.45) is 7.21. The van der Waals surface area contributed by atoms with Crippen molar-refractivity contribution in [3.05, 3.63) is 63.9 Å². The van der Waals surface area contributed by atoms with Gasteiger partial charge in [0.15, 0.2) is 0 Å². The lowest BCUT2D eigenvalue weighted by atomic mass is 10.1. The lowest BCUT2D eigenvalue weighted by Gasteiger charge is -2.06. The van der Waals surface area contributed by atoms with Crippen LogP contribution in [0.25, 0.3) is 23.3 Å². The summed E-state index contributed by atoms with van der Waals surface area (Å²) in [7, 11) is 0. The Kier molecular flexibility index (Phi) is 7.98. The molecule has 0 saturated carbocycles. The van der Waals surface area contributed by atoms with Gasteiger partial charge in [0.1, 0.15) is 17.3 Å². The molecule has 30 heavy (non-hydrogen) atoms. The van der Waals surface area contributed by atoms with Gasteiger partial charge in [0.25, 0.3) is 5.56 Å². The first kappa shape index (κ1) is 22.9. The number of hydrogen-bond donors (Lipinski definition) is 3. The van der Waals surface area contributed by atoms with Gasteiger partial charge in [0.05, 0.1) is 23.6 Å². The summed E-state index contributed by atoms with van der Waals surface area (Å²) in [6, 6.07) is 1.79. The fraction of sp³-hybridized carbons (Fsp3) is 0.348. The Morgan fingerprint density at radius 2 is 2.00 bits per heavy atom. The summed E-state index contributed by atoms with van der Waals surface area (Å²) < 4.78 is 5.21. The molecule has 0 spiro atoms. The summed E-state index contributed by atoms with van der Waals surface area (Å²) in [5.41, 5.74) is 4.40. The van der Waals surface area contributed by atoms with Gasteiger partial charge in [0, 0.05) is 17.3 Å². The van der Waals surface area contributed by atoms with Crippen LogP contribution >= 0.6 is 0 Å². The minimum Gasteiger partial charge on any atom is -0.373 e. The molecule has 7 heteroatoms. The molecular weight excluding hydrogens is 378 g/mol. The Balaban J connectivity index is 0.000000735. The predicted octanol–water partition coefficient (Wildman–Crippen LogP) is 5.32. The summed E-state index contributed by atoms with van der Waals surface area (Å²) in [5, 5.41) is 7.09. The van der Waals surface area contributed by atoms with E-state index in [0.29, 0.717) is 18.0 Å². The lowest BCUT2D eigenvalue weighted by Crippen LogP contribution is -2.14. The molecule has 0 aliphatic carbocycles. The molecule has 0 aliphatic heterocycles. The molecule has 3 N–H and O–H groups in total. The number of aryl methyl sites for hydroxylation is 2. The number of nitrogens with one attached hydrogen (secondary N) is 3. The van der Waals surface area contributed by atoms with Crippen molar-refractivity contribution in [2.75, 3.05) is 5.32 Å². The number of pyridine rings is 1. The largest absolute Gasteiger partial charge is 0.373 e. The van der Waals surface area contributed by atoms with Gasteiger partial charge in [-0.25, -0.2) is 4.98 Å². The van der Waals surface area contributed by atoms with Crippen LogP contribution in [0.2, 0.25) is 0 Å². The Labute approximate surface area is 177 Å². The Morgan fingerprint density at radius 1 is 1.30 bits per heavy atom. The van der Waals surface area contributed by atoms with Gasteiger partial charge < -0.3 is 19.8 Å². The van der Waals surface area contributed by atoms with Gasteiger partial charge in [0.2, 0.25) is 0 Å². The van der Waals surface area contributed by atoms with Crippen molar-refractivity contribution in [2.24, 2.45) is 5.92 Å². The van der Waals surface area contributed by atoms with Crippen molar-refractivity contribution in [3.63, 3.8) is 0 Å². The van der Waals surface area contributed by atoms with E-state index in [2.05, 4.69) is 52.8 Å². The van der Waals surface area contributed by atoms with E-state index in [1.807, 2.05) is 32.9 Å². The van der Waals surface area contributed by atoms with Crippen LogP contribution in [-0.2, 0) is 6.54 Å². The van der Waals surface area contributed by atoms with Gasteiger partial charge in [-0.3, -0.25) is 4.79 Å². The fourth-order valence-electron chi connectivity index (χ4n) is 2.82. The molecule has 160 valence electrons. The normalized spacial score (nSPS) is 10.9. The highest BCUT2D eigenvalue weighted by Crippen LogP contribution is 2.27. The molecule has 0 unspecified atom stereocenters. The third-order valence-corrected chi connectivity index (χ3v) is 4.01. The van der Waals surface area contributed by atoms with E-state index in [0.717, 1.165) is 40.0 Å². The molecule has 0 bridgehead atoms. The summed E-state index contributed by atoms with van der Waals surface area (Å²) in [5.74, 6) is 2.26. The highest BCUT2D eigenvalue weighted by atomic mass is 16.5. The molecule has 7 nitrogen and oxygen atoms in total. The van der Waals surface area contributed by atoms with E-state index < -0.39 is 0 Å². The average molecular weight is 410 g/mol. The van der Waals surface area contributed by atoms with Crippen molar-refractivity contribution in [1.29, 1.82) is 0 Å². The fourth-order valence-corrected chi connectivity index (χ4v) is 2.82. The number of rotatable bonds is 6. The molecule has 0 aromatic carbocycles. The number of aromatic nitrogens is 4. The summed E-state index contributed by atoms with van der Waals surface area (Å²) in [6.45, 7) is 16.3. The van der Waals surface area contributed by atoms with E-state index in [4.69, 9.17) is 4.52 Å². The van der Waals surface area contributed by atoms with Crippen LogP contribution < -0.4 is 10.9 Å². The Hall–Kier alpha value is -3.35. The first-order valence-corrected chi connectivity index (χ1v) is 10.0. The van der Waals surface area contributed by atoms with Crippen molar-refractivity contribution in [1.82, 2.24) is 20.1 Å². The smallest absolute Gasteiger partial charge is 0.271 e. The molecule has 3 aromatic heterocycles. The molecule has 0 atom stereocenters. The van der Waals surface area contributed by atoms with Crippen LogP contribution in [0.3, 0.4) is 0 Å². The average Bonchev–Trinajstić information content (AvgIpc) is 3.23. The van der Waals surface area contributed by atoms with Gasteiger partial charge in [-0.1, -0.05) is 38.6 Å². The van der Waals surface area contributed by atoms with E-state index in [1.54, 1.807) is 18.3 Å². The number of H-pyrrole nitrogens is 2. The first-order chi connectivity index (χ1) is 14.3. The molecule has 3 aromatic rings. The standard InChI is InChI=1S/C19H21N5O2.C4H10/c1-5-7-15-14(6-2)22-17(23-15)10-20-16-8-13(9-21-19(16)25)18-11(3)24-26-12(18)4;1-4(2)3/h5-9,20H,2,10H2,1,3-4H3,(H,21,25)(H,22,23);4H,1-3H3/b7-5-;. The zero-order chi connectivity index (χ0) is 22.3. The topological polar surface area (TPSA) is 99.6 Å². The van der Waals surface area contributed by atoms with E-state index in [9.17, 15) is 4.79 Å². The van der Waals surface area contributed by atoms with E-state index in [1.165, 1.54) is 0 Å². The van der Waals surface area contributed by atoms with E-state index >= 15 is 0 Å². The zero-order valence-corrected chi connectivity index (χ0v) is 18.6. The quantitative estimate of drug-likeness (QED) is 0.512. The number of nitrogens with zero attached hydrogens (tertiary/aromatic N) is 2. The van der Waals surface area contributed by atoms with Crippen LogP contribution in [0.15, 0.2) is 34.2 Å². The molecule has 0 amide bonds. The van der Waals surface area contributed by atoms with Gasteiger partial charge >= 0.3 is 0 Å². The number of allylic oxidation sites excluding steroid dienone is 1. The van der Waals surface area contributed by atoms with Crippen molar-refractivity contribution < 1.29 is 4.52 Å². The highest BCUT2D eigenvalue weighted by molar-refractivity contribution is 5.70. The second-order valence-electron chi connectivity index (χ2n) is 7.60. The van der Waals surface area contributed by atoms with Crippen LogP contribution in [0.1, 0.15) is 56.4 Å². The van der Waals surface area contributed by atoms with Crippen LogP contribution in [0.5, 0.6) is 0 Å². The molecule has 3 heterocycles. The number of hydrogen-bond acceptors (Lipinski definition) is 5. The molecule has 3 rings (SSSR count). The number of imidazole rings is 1. The number of aromatic amines is 2. The maximum Gasteiger partial charge on any atom is 0.271 e. The molecule has 0 radical (unpaired) electrons. The van der Waals surface area contributed by atoms with Crippen LogP contribution in [0, 0.1) is 19.8 Å². The zero-order valence-electron chi connectivity index (χ0n) is 18.6. The minimum atomic E-state index is -0.204. The van der Waals surface area contributed by atoms with Crippen LogP contribution in [0.4, 0.5) is 5.69 Å². The Bertz CT molecular complexity index is 1050. The third-order valence-electron chi connectivity index (χ3n) is 4.01. The van der Waals surface area contributed by atoms with Gasteiger partial charge in [-0.05, 0) is 44.9 Å². The maximum absolute atomic E-state index is 12.1. The second-order valence-corrected chi connectivity index (χ2v) is 7.60. The first-order valence-electron chi connectivity index (χ1n) is 10.0. The van der Waals surface area contributed by atoms with Gasteiger partial charge in [-0.15, -0.1) is 0 Å². The predicted molar refractivity (Wildman–Crippen MR) is 123 cm³/mol. The summed E-state index contributed by atoms with van der Waals surface area (Å²) in [4.78, 5) is 22.6. The van der Waals surface area contributed by atoms with Gasteiger partial charge in [-0.2, -0.15) is 0 Å². The molecule has 0 fully saturated rings. The SMILES string of the molecule is C=Cc1nc(CNc2cc(-c3c(C)noc3C)c[nH]c2=O)[nH]c1/C=C\C.CC(C)C. The van der Waals surface area contributed by atoms with Crippen molar-refractivity contribution >= 4 is 17.8 Å². The third kappa shape index (κ3) is 5.83. The second kappa shape index (κ2) is 10.4. The van der Waals surface area contributed by atoms with Crippen molar-refractivity contribution in [3.8, 4) is 11.1 Å². The molecular formula is C23H31N5O2. The molecule has 0 aliphatic rings. The van der Waals surface area contributed by atoms with Crippen LogP contribution in [-0.4, -0.2) is 20.1 Å². The minimum absolute atomic E-state index is 0.204. The highest BCUT2D eigenvalue weighted by Gasteiger charge is 2.13. The van der Waals surface area contributed by atoms with E-state index in [-0.39, 0.29) is 5.56 Å². The summed E-state index contributed by atoms with van der Waals surface area (Å²) >= 11 is 0. The lowest BCUT2D eigenvalue weighted by molar-refractivity contribution is 0.393. The maximum atomic E-state index is 12.1. The monoisotopic (exact) mass is 409 g/mol. The number of anilines is 1. The molecule has 0 saturated heterocycles. The van der Waals surface area contributed by atoms with Crippen molar-refractivity contribution in [2.45, 2.75) is 48.1 Å². The Morgan fingerprint density at radius 3 is 2.57 bits per heavy atom.